The van der Waals surface area contributed by atoms with E-state index < -0.39 is 90.1 Å². The van der Waals surface area contributed by atoms with E-state index in [4.69, 9.17) is 16.2 Å². The predicted molar refractivity (Wildman–Crippen MR) is 112 cm³/mol. The molecule has 1 aromatic carbocycles. The fourth-order valence-corrected chi connectivity index (χ4v) is 3.36. The van der Waals surface area contributed by atoms with Crippen LogP contribution >= 0.6 is 0 Å². The molecule has 14 heteroatoms. The number of benzene rings is 1. The number of likely N-dealkylation sites (N-methyl/N-ethyl adjacent to an activating group) is 1. The van der Waals surface area contributed by atoms with Crippen molar-refractivity contribution in [2.45, 2.75) is 43.9 Å². The quantitative estimate of drug-likeness (QED) is 0.183. The highest BCUT2D eigenvalue weighted by molar-refractivity contribution is 5.92. The summed E-state index contributed by atoms with van der Waals surface area (Å²) >= 11 is 0. The van der Waals surface area contributed by atoms with Gasteiger partial charge in [0.25, 0.3) is 5.91 Å². The molecule has 11 nitrogen and oxygen atoms in total. The summed E-state index contributed by atoms with van der Waals surface area (Å²) in [5, 5.41) is 32.0. The minimum Gasteiger partial charge on any atom is -0.480 e. The number of guanidine groups is 1. The Morgan fingerprint density at radius 2 is 1.82 bits per heavy atom. The number of aliphatic hydroxyl groups is 3. The number of halogens is 3. The third kappa shape index (κ3) is 6.36. The van der Waals surface area contributed by atoms with E-state index in [-0.39, 0.29) is 0 Å². The Balaban J connectivity index is 2.43. The highest BCUT2D eigenvalue weighted by atomic mass is 19.1. The second-order valence-electron chi connectivity index (χ2n) is 7.63. The van der Waals surface area contributed by atoms with Crippen LogP contribution in [0.3, 0.4) is 0 Å². The van der Waals surface area contributed by atoms with E-state index in [1.165, 1.54) is 7.05 Å². The Morgan fingerprint density at radius 3 is 2.32 bits per heavy atom. The Hall–Kier alpha value is -3.36. The lowest BCUT2D eigenvalue weighted by Crippen LogP contribution is -2.60. The number of nitrogens with two attached hydrogens (primary N) is 2. The molecule has 0 bridgehead atoms. The van der Waals surface area contributed by atoms with E-state index in [9.17, 15) is 38.1 Å². The van der Waals surface area contributed by atoms with Gasteiger partial charge in [0.15, 0.2) is 11.7 Å². The summed E-state index contributed by atoms with van der Waals surface area (Å²) in [6.07, 6.45) is -3.94. The summed E-state index contributed by atoms with van der Waals surface area (Å²) in [7, 11) is 1.18. The fraction of sp³-hybridized carbons (Fsp3) is 0.450. The number of nitrogens with one attached hydrogen (secondary N) is 1. The summed E-state index contributed by atoms with van der Waals surface area (Å²) < 4.78 is 46.7. The van der Waals surface area contributed by atoms with Crippen LogP contribution in [0.2, 0.25) is 0 Å². The molecule has 34 heavy (non-hydrogen) atoms. The van der Waals surface area contributed by atoms with Crippen LogP contribution in [-0.4, -0.2) is 82.0 Å². The number of hydrogen-bond donors (Lipinski definition) is 6. The molecule has 0 unspecified atom stereocenters. The molecule has 2 rings (SSSR count). The summed E-state index contributed by atoms with van der Waals surface area (Å²) in [6, 6.07) is -1.42. The Kier molecular flexibility index (Phi) is 8.84. The van der Waals surface area contributed by atoms with Gasteiger partial charge in [-0.05, 0) is 6.08 Å². The predicted octanol–water partition coefficient (Wildman–Crippen LogP) is -1.79. The maximum Gasteiger partial charge on any atom is 0.288 e. The molecular weight excluding hydrogens is 463 g/mol. The van der Waals surface area contributed by atoms with E-state index in [0.717, 1.165) is 17.9 Å². The van der Waals surface area contributed by atoms with Crippen LogP contribution in [0.5, 0.6) is 0 Å². The van der Waals surface area contributed by atoms with Gasteiger partial charge in [-0.2, -0.15) is 0 Å². The SMILES string of the molecule is CC(=O)N[C@H]1[C@H]([C@H](O)[C@H](O)CO)OC(C(=O)N(C)Cc2c(F)cc(F)cc2F)=C[C@@H]1N=C(N)N. The molecule has 1 aliphatic heterocycles. The van der Waals surface area contributed by atoms with Crippen molar-refractivity contribution in [3.63, 3.8) is 0 Å². The van der Waals surface area contributed by atoms with Crippen molar-refractivity contribution in [3.8, 4) is 0 Å². The molecule has 2 amide bonds. The monoisotopic (exact) mass is 489 g/mol. The van der Waals surface area contributed by atoms with Crippen LogP contribution in [-0.2, 0) is 20.9 Å². The molecule has 8 N–H and O–H groups in total. The van der Waals surface area contributed by atoms with Crippen LogP contribution in [0.4, 0.5) is 13.2 Å². The smallest absolute Gasteiger partial charge is 0.288 e. The van der Waals surface area contributed by atoms with Crippen LogP contribution in [0.1, 0.15) is 12.5 Å². The molecule has 0 aliphatic carbocycles. The highest BCUT2D eigenvalue weighted by Gasteiger charge is 2.44. The number of hydrogen-bond acceptors (Lipinski definition) is 7. The number of amides is 2. The van der Waals surface area contributed by atoms with E-state index in [1.807, 2.05) is 0 Å². The average Bonchev–Trinajstić information content (AvgIpc) is 2.74. The molecule has 0 saturated heterocycles. The lowest BCUT2D eigenvalue weighted by atomic mass is 9.92. The summed E-state index contributed by atoms with van der Waals surface area (Å²) in [5.41, 5.74) is 10.3. The Bertz CT molecular complexity index is 964. The molecule has 0 radical (unpaired) electrons. The maximum absolute atomic E-state index is 14.0. The topological polar surface area (TPSA) is 184 Å². The Morgan fingerprint density at radius 1 is 1.24 bits per heavy atom. The minimum atomic E-state index is -1.81. The number of carbonyl (C=O) groups is 2. The Labute approximate surface area is 192 Å². The molecule has 1 aliphatic rings. The van der Waals surface area contributed by atoms with Gasteiger partial charge in [0.1, 0.15) is 35.8 Å². The first-order valence-electron chi connectivity index (χ1n) is 9.95. The minimum absolute atomic E-state index is 0.440. The number of nitrogens with zero attached hydrogens (tertiary/aromatic N) is 2. The maximum atomic E-state index is 14.0. The van der Waals surface area contributed by atoms with E-state index in [1.54, 1.807) is 0 Å². The summed E-state index contributed by atoms with van der Waals surface area (Å²) in [6.45, 7) is -0.342. The molecule has 5 atom stereocenters. The van der Waals surface area contributed by atoms with Crippen molar-refractivity contribution in [2.24, 2.45) is 16.5 Å². The van der Waals surface area contributed by atoms with Gasteiger partial charge in [-0.3, -0.25) is 9.59 Å². The van der Waals surface area contributed by atoms with Gasteiger partial charge < -0.3 is 41.7 Å². The molecule has 1 heterocycles. The number of aliphatic imine (C=N–C) groups is 1. The van der Waals surface area contributed by atoms with Crippen LogP contribution in [0, 0.1) is 17.5 Å². The lowest BCUT2D eigenvalue weighted by molar-refractivity contribution is -0.140. The molecule has 0 aromatic heterocycles. The summed E-state index contributed by atoms with van der Waals surface area (Å²) in [5.74, 6) is -5.98. The van der Waals surface area contributed by atoms with Crippen molar-refractivity contribution in [3.05, 3.63) is 47.0 Å². The largest absolute Gasteiger partial charge is 0.480 e. The summed E-state index contributed by atoms with van der Waals surface area (Å²) in [4.78, 5) is 29.4. The number of carbonyl (C=O) groups excluding carboxylic acids is 2. The average molecular weight is 489 g/mol. The van der Waals surface area contributed by atoms with Crippen LogP contribution < -0.4 is 16.8 Å². The first-order valence-corrected chi connectivity index (χ1v) is 9.95. The number of rotatable bonds is 8. The van der Waals surface area contributed by atoms with Gasteiger partial charge in [-0.1, -0.05) is 0 Å². The number of ether oxygens (including phenoxy) is 1. The molecule has 0 saturated carbocycles. The standard InChI is InChI=1S/C20H26F3N5O6/c1-8(30)26-16-13(27-20(24)25)5-15(34-18(16)17(32)14(31)7-29)19(33)28(2)6-10-11(22)3-9(21)4-12(10)23/h3-5,13-14,16-18,29,31-32H,6-7H2,1-2H3,(H,26,30)(H4,24,25,27)/t13-,14+,16+,17+,18+/m0/s1. The van der Waals surface area contributed by atoms with Gasteiger partial charge >= 0.3 is 0 Å². The number of aliphatic hydroxyl groups excluding tert-OH is 3. The zero-order valence-corrected chi connectivity index (χ0v) is 18.3. The lowest BCUT2D eigenvalue weighted by Gasteiger charge is -2.39. The van der Waals surface area contributed by atoms with E-state index >= 15 is 0 Å². The highest BCUT2D eigenvalue weighted by Crippen LogP contribution is 2.26. The normalized spacial score (nSPS) is 21.5. The van der Waals surface area contributed by atoms with Crippen molar-refractivity contribution in [2.75, 3.05) is 13.7 Å². The van der Waals surface area contributed by atoms with Gasteiger partial charge in [0.2, 0.25) is 5.91 Å². The van der Waals surface area contributed by atoms with Gasteiger partial charge in [0.05, 0.1) is 25.2 Å². The fourth-order valence-electron chi connectivity index (χ4n) is 3.36. The first kappa shape index (κ1) is 26.9. The van der Waals surface area contributed by atoms with Gasteiger partial charge in [0, 0.05) is 31.7 Å². The second kappa shape index (κ2) is 11.2. The molecule has 1 aromatic rings. The second-order valence-corrected chi connectivity index (χ2v) is 7.63. The van der Waals surface area contributed by atoms with Gasteiger partial charge in [-0.15, -0.1) is 0 Å². The van der Waals surface area contributed by atoms with Crippen LogP contribution in [0.25, 0.3) is 0 Å². The van der Waals surface area contributed by atoms with Gasteiger partial charge in [-0.25, -0.2) is 18.2 Å². The van der Waals surface area contributed by atoms with Crippen molar-refractivity contribution < 1.29 is 42.8 Å². The van der Waals surface area contributed by atoms with Crippen LogP contribution in [0.15, 0.2) is 29.0 Å². The third-order valence-electron chi connectivity index (χ3n) is 4.95. The van der Waals surface area contributed by atoms with Crippen molar-refractivity contribution in [1.82, 2.24) is 10.2 Å². The third-order valence-corrected chi connectivity index (χ3v) is 4.95. The zero-order valence-electron chi connectivity index (χ0n) is 18.3. The zero-order chi connectivity index (χ0) is 25.7. The molecule has 0 fully saturated rings. The molecule has 188 valence electrons. The van der Waals surface area contributed by atoms with Crippen molar-refractivity contribution >= 4 is 17.8 Å². The molecule has 0 spiro atoms. The van der Waals surface area contributed by atoms with E-state index in [0.29, 0.717) is 12.1 Å². The van der Waals surface area contributed by atoms with Crippen molar-refractivity contribution in [1.29, 1.82) is 0 Å². The molecular formula is C20H26F3N5O6. The first-order chi connectivity index (χ1) is 15.8. The van der Waals surface area contributed by atoms with E-state index in [2.05, 4.69) is 10.3 Å².